The molecule has 0 spiro atoms. The standard InChI is InChI=1S/C14H12BrFN2.C8H4BrF.C6H9IN2/c1-10(2)18-9-12(8-17-18)4-3-11-5-6-14(16)13(15)7-11;1-2-6-3-4-8(10)7(9)5-6;1-5(2)9-4-6(7)3-8-9/h5-10H,1-2H3;1,3-5H;3-5H,1-2H3. The average molecular weight is 742 g/mol. The highest BCUT2D eigenvalue weighted by atomic mass is 127. The van der Waals surface area contributed by atoms with Gasteiger partial charge in [-0.2, -0.15) is 10.2 Å². The Bertz CT molecular complexity index is 1430. The maximum Gasteiger partial charge on any atom is 0.137 e. The molecule has 37 heavy (non-hydrogen) atoms. The first-order valence-electron chi connectivity index (χ1n) is 11.1. The summed E-state index contributed by atoms with van der Waals surface area (Å²) in [6.07, 6.45) is 12.6. The van der Waals surface area contributed by atoms with Gasteiger partial charge in [0.05, 0.1) is 30.5 Å². The van der Waals surface area contributed by atoms with Crippen LogP contribution in [0.15, 0.2) is 70.1 Å². The van der Waals surface area contributed by atoms with Crippen molar-refractivity contribution in [1.82, 2.24) is 19.6 Å². The molecule has 2 heterocycles. The lowest BCUT2D eigenvalue weighted by Gasteiger charge is -2.02. The second-order valence-corrected chi connectivity index (χ2v) is 11.1. The molecule has 0 saturated carbocycles. The highest BCUT2D eigenvalue weighted by Crippen LogP contribution is 2.17. The Morgan fingerprint density at radius 3 is 1.70 bits per heavy atom. The van der Waals surface area contributed by atoms with Gasteiger partial charge in [-0.1, -0.05) is 17.8 Å². The lowest BCUT2D eigenvalue weighted by Crippen LogP contribution is -1.99. The molecule has 0 aliphatic heterocycles. The third-order valence-corrected chi connectivity index (χ3v) is 6.36. The molecular weight excluding hydrogens is 717 g/mol. The van der Waals surface area contributed by atoms with Crippen molar-refractivity contribution >= 4 is 54.5 Å². The number of hydrogen-bond donors (Lipinski definition) is 0. The summed E-state index contributed by atoms with van der Waals surface area (Å²) >= 11 is 8.40. The lowest BCUT2D eigenvalue weighted by molar-refractivity contribution is 0.532. The largest absolute Gasteiger partial charge is 0.269 e. The molecule has 0 radical (unpaired) electrons. The molecule has 0 aliphatic carbocycles. The van der Waals surface area contributed by atoms with Gasteiger partial charge in [0.2, 0.25) is 0 Å². The molecule has 0 aliphatic rings. The van der Waals surface area contributed by atoms with E-state index in [1.165, 1.54) is 15.7 Å². The van der Waals surface area contributed by atoms with Crippen molar-refractivity contribution in [2.45, 2.75) is 39.8 Å². The molecule has 0 atom stereocenters. The van der Waals surface area contributed by atoms with Crippen molar-refractivity contribution in [2.24, 2.45) is 0 Å². The minimum Gasteiger partial charge on any atom is -0.269 e. The van der Waals surface area contributed by atoms with Crippen LogP contribution < -0.4 is 0 Å². The Balaban J connectivity index is 0.000000214. The average Bonchev–Trinajstić information content (AvgIpc) is 3.52. The van der Waals surface area contributed by atoms with E-state index in [1.54, 1.807) is 30.5 Å². The van der Waals surface area contributed by atoms with Gasteiger partial charge in [0, 0.05) is 35.6 Å². The van der Waals surface area contributed by atoms with Gasteiger partial charge < -0.3 is 0 Å². The zero-order valence-corrected chi connectivity index (χ0v) is 26.0. The highest BCUT2D eigenvalue weighted by molar-refractivity contribution is 14.1. The van der Waals surface area contributed by atoms with Gasteiger partial charge in [-0.3, -0.25) is 9.36 Å². The van der Waals surface area contributed by atoms with E-state index >= 15 is 0 Å². The normalized spacial score (nSPS) is 10.0. The van der Waals surface area contributed by atoms with Crippen LogP contribution in [0.5, 0.6) is 0 Å². The van der Waals surface area contributed by atoms with E-state index in [0.717, 1.165) is 11.1 Å². The van der Waals surface area contributed by atoms with E-state index in [1.807, 2.05) is 28.0 Å². The summed E-state index contributed by atoms with van der Waals surface area (Å²) < 4.78 is 31.4. The van der Waals surface area contributed by atoms with Crippen LogP contribution in [0.25, 0.3) is 0 Å². The highest BCUT2D eigenvalue weighted by Gasteiger charge is 2.01. The first-order chi connectivity index (χ1) is 17.5. The molecule has 2 aromatic carbocycles. The van der Waals surface area contributed by atoms with Crippen molar-refractivity contribution in [3.63, 3.8) is 0 Å². The predicted octanol–water partition coefficient (Wildman–Crippen LogP) is 8.40. The van der Waals surface area contributed by atoms with E-state index in [0.29, 0.717) is 26.6 Å². The SMILES string of the molecule is C#Cc1ccc(F)c(Br)c1.CC(C)n1cc(C#Cc2ccc(F)c(Br)c2)cn1.CC(C)n1cc(I)cn1. The number of terminal acetylenes is 1. The monoisotopic (exact) mass is 740 g/mol. The Morgan fingerprint density at radius 2 is 1.27 bits per heavy atom. The zero-order chi connectivity index (χ0) is 27.5. The molecule has 4 aromatic rings. The van der Waals surface area contributed by atoms with Gasteiger partial charge in [0.15, 0.2) is 0 Å². The van der Waals surface area contributed by atoms with Gasteiger partial charge in [0.25, 0.3) is 0 Å². The number of rotatable bonds is 2. The molecular formula is C28H25Br2F2IN4. The number of halogens is 5. The lowest BCUT2D eigenvalue weighted by atomic mass is 10.2. The topological polar surface area (TPSA) is 35.6 Å². The number of nitrogens with zero attached hydrogens (tertiary/aromatic N) is 4. The van der Waals surface area contributed by atoms with Gasteiger partial charge in [-0.05, 0) is 119 Å². The molecule has 2 aromatic heterocycles. The summed E-state index contributed by atoms with van der Waals surface area (Å²) in [5.74, 6) is 7.81. The van der Waals surface area contributed by atoms with Crippen LogP contribution in [-0.4, -0.2) is 19.6 Å². The maximum absolute atomic E-state index is 13.0. The zero-order valence-electron chi connectivity index (χ0n) is 20.7. The van der Waals surface area contributed by atoms with Crippen LogP contribution in [0.1, 0.15) is 56.5 Å². The molecule has 4 nitrogen and oxygen atoms in total. The van der Waals surface area contributed by atoms with E-state index < -0.39 is 0 Å². The minimum atomic E-state index is -0.293. The summed E-state index contributed by atoms with van der Waals surface area (Å²) in [6, 6.07) is 9.96. The predicted molar refractivity (Wildman–Crippen MR) is 160 cm³/mol. The summed E-state index contributed by atoms with van der Waals surface area (Å²) in [5.41, 5.74) is 2.29. The fourth-order valence-electron chi connectivity index (χ4n) is 2.59. The van der Waals surface area contributed by atoms with Crippen LogP contribution in [0.4, 0.5) is 8.78 Å². The Kier molecular flexibility index (Phi) is 12.5. The van der Waals surface area contributed by atoms with Crippen molar-refractivity contribution in [2.75, 3.05) is 0 Å². The molecule has 0 unspecified atom stereocenters. The Hall–Kier alpha value is -2.47. The molecule has 0 fully saturated rings. The third-order valence-electron chi connectivity index (χ3n) is 4.59. The second-order valence-electron chi connectivity index (χ2n) is 8.19. The minimum absolute atomic E-state index is 0.284. The fourth-order valence-corrected chi connectivity index (χ4v) is 3.75. The van der Waals surface area contributed by atoms with Crippen LogP contribution in [0.2, 0.25) is 0 Å². The van der Waals surface area contributed by atoms with Gasteiger partial charge >= 0.3 is 0 Å². The number of hydrogen-bond acceptors (Lipinski definition) is 2. The summed E-state index contributed by atoms with van der Waals surface area (Å²) in [7, 11) is 0. The van der Waals surface area contributed by atoms with Crippen molar-refractivity contribution in [3.05, 3.63) is 102 Å². The molecule has 9 heteroatoms. The Labute approximate surface area is 247 Å². The van der Waals surface area contributed by atoms with Gasteiger partial charge in [0.1, 0.15) is 11.6 Å². The molecule has 0 bridgehead atoms. The number of benzene rings is 2. The summed E-state index contributed by atoms with van der Waals surface area (Å²) in [6.45, 7) is 8.34. The smallest absolute Gasteiger partial charge is 0.137 e. The van der Waals surface area contributed by atoms with Crippen LogP contribution in [-0.2, 0) is 0 Å². The van der Waals surface area contributed by atoms with Gasteiger partial charge in [-0.25, -0.2) is 8.78 Å². The van der Waals surface area contributed by atoms with Crippen LogP contribution in [0.3, 0.4) is 0 Å². The quantitative estimate of drug-likeness (QED) is 0.153. The second kappa shape index (κ2) is 15.1. The molecule has 0 N–H and O–H groups in total. The molecule has 0 saturated heterocycles. The summed E-state index contributed by atoms with van der Waals surface area (Å²) in [5, 5.41) is 8.33. The summed E-state index contributed by atoms with van der Waals surface area (Å²) in [4.78, 5) is 0. The third kappa shape index (κ3) is 10.4. The number of aromatic nitrogens is 4. The van der Waals surface area contributed by atoms with E-state index in [-0.39, 0.29) is 11.6 Å². The van der Waals surface area contributed by atoms with E-state index in [2.05, 4.69) is 110 Å². The Morgan fingerprint density at radius 1 is 0.784 bits per heavy atom. The first kappa shape index (κ1) is 30.8. The van der Waals surface area contributed by atoms with Crippen LogP contribution in [0, 0.1) is 39.4 Å². The fraction of sp³-hybridized carbons (Fsp3) is 0.214. The molecule has 4 rings (SSSR count). The van der Waals surface area contributed by atoms with Gasteiger partial charge in [-0.15, -0.1) is 6.42 Å². The van der Waals surface area contributed by atoms with Crippen molar-refractivity contribution in [1.29, 1.82) is 0 Å². The van der Waals surface area contributed by atoms with Crippen LogP contribution >= 0.6 is 54.5 Å². The van der Waals surface area contributed by atoms with Crippen molar-refractivity contribution < 1.29 is 8.78 Å². The molecule has 192 valence electrons. The van der Waals surface area contributed by atoms with Crippen molar-refractivity contribution in [3.8, 4) is 24.2 Å². The molecule has 0 amide bonds. The van der Waals surface area contributed by atoms with E-state index in [4.69, 9.17) is 6.42 Å². The maximum atomic E-state index is 13.0. The van der Waals surface area contributed by atoms with E-state index in [9.17, 15) is 8.78 Å². The first-order valence-corrected chi connectivity index (χ1v) is 13.8.